The minimum Gasteiger partial charge on any atom is -0.497 e. The van der Waals surface area contributed by atoms with Crippen molar-refractivity contribution in [3.8, 4) is 5.75 Å². The minimum absolute atomic E-state index is 0.236. The van der Waals surface area contributed by atoms with Crippen LogP contribution < -0.4 is 20.7 Å². The van der Waals surface area contributed by atoms with E-state index in [1.54, 1.807) is 30.3 Å². The van der Waals surface area contributed by atoms with E-state index in [9.17, 15) is 9.59 Å². The van der Waals surface area contributed by atoms with Gasteiger partial charge < -0.3 is 30.2 Å². The highest BCUT2D eigenvalue weighted by Crippen LogP contribution is 2.31. The van der Waals surface area contributed by atoms with Gasteiger partial charge in [-0.3, -0.25) is 4.79 Å². The first kappa shape index (κ1) is 33.4. The maximum Gasteiger partial charge on any atom is 0.406 e. The molecule has 0 heterocycles. The summed E-state index contributed by atoms with van der Waals surface area (Å²) in [5, 5.41) is 9.36. The summed E-state index contributed by atoms with van der Waals surface area (Å²) >= 11 is 6.11. The van der Waals surface area contributed by atoms with Gasteiger partial charge in [0.25, 0.3) is 0 Å². The summed E-state index contributed by atoms with van der Waals surface area (Å²) in [6.45, 7) is 3.65. The SMILES string of the molecule is CCNC.CNC1CCCCC1.COC(=O)NCCOC(c1cccc(Cl)c1)c1cc(C=O)cc(OC)c1. The topological polar surface area (TPSA) is 97.9 Å². The number of halogens is 1. The second-order valence-electron chi connectivity index (χ2n) is 8.71. The lowest BCUT2D eigenvalue weighted by molar-refractivity contribution is 0.0804. The van der Waals surface area contributed by atoms with Gasteiger partial charge >= 0.3 is 6.09 Å². The Morgan fingerprint density at radius 3 is 2.32 bits per heavy atom. The number of hydrogen-bond acceptors (Lipinski definition) is 7. The van der Waals surface area contributed by atoms with Gasteiger partial charge in [-0.15, -0.1) is 0 Å². The molecule has 1 atom stereocenters. The maximum atomic E-state index is 11.2. The minimum atomic E-state index is -0.530. The van der Waals surface area contributed by atoms with Crippen LogP contribution in [0.15, 0.2) is 42.5 Å². The van der Waals surface area contributed by atoms with Crippen molar-refractivity contribution in [1.82, 2.24) is 16.0 Å². The standard InChI is InChI=1S/C19H20ClNO5.C7H15N.C3H9N/c1-24-17-9-13(12-22)8-15(11-17)18(14-4-3-5-16(20)10-14)26-7-6-21-19(23)25-2;1-8-7-5-3-2-4-6-7;1-3-4-2/h3-5,8-12,18H,6-7H2,1-2H3,(H,21,23);7-8H,2-6H2,1H3;4H,3H2,1-2H3. The molecular weight excluding hydrogens is 506 g/mol. The lowest BCUT2D eigenvalue weighted by Gasteiger charge is -2.20. The number of nitrogens with one attached hydrogen (secondary N) is 3. The van der Waals surface area contributed by atoms with E-state index in [2.05, 4.69) is 34.7 Å². The largest absolute Gasteiger partial charge is 0.497 e. The summed E-state index contributed by atoms with van der Waals surface area (Å²) in [5.41, 5.74) is 2.04. The van der Waals surface area contributed by atoms with E-state index in [0.717, 1.165) is 30.0 Å². The van der Waals surface area contributed by atoms with E-state index in [1.165, 1.54) is 46.3 Å². The van der Waals surface area contributed by atoms with E-state index in [1.807, 2.05) is 19.2 Å². The Balaban J connectivity index is 0.000000495. The van der Waals surface area contributed by atoms with Crippen LogP contribution in [0.4, 0.5) is 4.79 Å². The number of carbonyl (C=O) groups excluding carboxylic acids is 2. The predicted molar refractivity (Wildman–Crippen MR) is 154 cm³/mol. The molecule has 2 aromatic carbocycles. The van der Waals surface area contributed by atoms with Crippen molar-refractivity contribution in [2.45, 2.75) is 51.2 Å². The molecule has 3 rings (SSSR count). The number of aldehydes is 1. The molecule has 1 aliphatic rings. The summed E-state index contributed by atoms with van der Waals surface area (Å²) in [5.74, 6) is 0.549. The summed E-state index contributed by atoms with van der Waals surface area (Å²) < 4.78 is 15.8. The number of ether oxygens (including phenoxy) is 3. The van der Waals surface area contributed by atoms with Crippen LogP contribution in [0.2, 0.25) is 5.02 Å². The Bertz CT molecular complexity index is 936. The van der Waals surface area contributed by atoms with Crippen LogP contribution in [0.1, 0.15) is 66.6 Å². The smallest absolute Gasteiger partial charge is 0.406 e. The van der Waals surface area contributed by atoms with Crippen LogP contribution in [0.3, 0.4) is 0 Å². The molecule has 38 heavy (non-hydrogen) atoms. The molecule has 0 saturated heterocycles. The van der Waals surface area contributed by atoms with Gasteiger partial charge in [-0.25, -0.2) is 4.79 Å². The number of carbonyl (C=O) groups is 2. The van der Waals surface area contributed by atoms with Crippen molar-refractivity contribution in [3.05, 3.63) is 64.2 Å². The Labute approximate surface area is 232 Å². The first-order valence-electron chi connectivity index (χ1n) is 13.1. The molecule has 1 aliphatic carbocycles. The van der Waals surface area contributed by atoms with Gasteiger partial charge in [0, 0.05) is 23.2 Å². The molecule has 9 heteroatoms. The van der Waals surface area contributed by atoms with E-state index in [4.69, 9.17) is 21.1 Å². The van der Waals surface area contributed by atoms with Crippen LogP contribution in [0.25, 0.3) is 0 Å². The summed E-state index contributed by atoms with van der Waals surface area (Å²) in [4.78, 5) is 22.4. The van der Waals surface area contributed by atoms with E-state index in [-0.39, 0.29) is 13.2 Å². The van der Waals surface area contributed by atoms with Crippen LogP contribution in [-0.2, 0) is 9.47 Å². The zero-order chi connectivity index (χ0) is 28.2. The molecule has 0 aromatic heterocycles. The first-order chi connectivity index (χ1) is 18.4. The third-order valence-corrected chi connectivity index (χ3v) is 6.22. The molecule has 8 nitrogen and oxygen atoms in total. The molecule has 0 bridgehead atoms. The van der Waals surface area contributed by atoms with Gasteiger partial charge in [0.15, 0.2) is 0 Å². The highest BCUT2D eigenvalue weighted by atomic mass is 35.5. The third-order valence-electron chi connectivity index (χ3n) is 5.99. The van der Waals surface area contributed by atoms with Crippen LogP contribution in [0.5, 0.6) is 5.75 Å². The van der Waals surface area contributed by atoms with Gasteiger partial charge in [-0.2, -0.15) is 0 Å². The highest BCUT2D eigenvalue weighted by Gasteiger charge is 2.17. The van der Waals surface area contributed by atoms with Crippen LogP contribution in [0, 0.1) is 0 Å². The van der Waals surface area contributed by atoms with Gasteiger partial charge in [0.2, 0.25) is 0 Å². The molecule has 1 saturated carbocycles. The second-order valence-corrected chi connectivity index (χ2v) is 9.15. The van der Waals surface area contributed by atoms with Gasteiger partial charge in [-0.05, 0) is 74.9 Å². The van der Waals surface area contributed by atoms with Crippen molar-refractivity contribution >= 4 is 24.0 Å². The van der Waals surface area contributed by atoms with Crippen molar-refractivity contribution in [1.29, 1.82) is 0 Å². The van der Waals surface area contributed by atoms with Gasteiger partial charge in [0.05, 0.1) is 20.8 Å². The fourth-order valence-electron chi connectivity index (χ4n) is 3.83. The van der Waals surface area contributed by atoms with Crippen molar-refractivity contribution in [2.75, 3.05) is 48.0 Å². The summed E-state index contributed by atoms with van der Waals surface area (Å²) in [6.07, 6.45) is 6.86. The maximum absolute atomic E-state index is 11.2. The Morgan fingerprint density at radius 2 is 1.79 bits per heavy atom. The quantitative estimate of drug-likeness (QED) is 0.270. The number of hydrogen-bond donors (Lipinski definition) is 3. The van der Waals surface area contributed by atoms with Crippen molar-refractivity contribution < 1.29 is 23.8 Å². The third kappa shape index (κ3) is 13.2. The molecular formula is C29H44ClN3O5. The van der Waals surface area contributed by atoms with Crippen molar-refractivity contribution in [3.63, 3.8) is 0 Å². The summed E-state index contributed by atoms with van der Waals surface area (Å²) in [6, 6.07) is 13.3. The number of rotatable bonds is 10. The Morgan fingerprint density at radius 1 is 1.08 bits per heavy atom. The van der Waals surface area contributed by atoms with E-state index in [0.29, 0.717) is 16.3 Å². The predicted octanol–water partition coefficient (Wildman–Crippen LogP) is 5.39. The zero-order valence-electron chi connectivity index (χ0n) is 23.3. The fourth-order valence-corrected chi connectivity index (χ4v) is 4.03. The molecule has 0 aliphatic heterocycles. The zero-order valence-corrected chi connectivity index (χ0v) is 24.1. The van der Waals surface area contributed by atoms with E-state index < -0.39 is 12.2 Å². The molecule has 1 amide bonds. The second kappa shape index (κ2) is 20.3. The number of amides is 1. The Hall–Kier alpha value is -2.65. The molecule has 0 spiro atoms. The molecule has 1 unspecified atom stereocenters. The van der Waals surface area contributed by atoms with Gasteiger partial charge in [0.1, 0.15) is 18.1 Å². The molecule has 3 N–H and O–H groups in total. The Kier molecular flexibility index (Phi) is 17.9. The van der Waals surface area contributed by atoms with Crippen LogP contribution >= 0.6 is 11.6 Å². The molecule has 0 radical (unpaired) electrons. The molecule has 212 valence electrons. The normalized spacial score (nSPS) is 13.6. The van der Waals surface area contributed by atoms with Crippen molar-refractivity contribution in [2.24, 2.45) is 0 Å². The highest BCUT2D eigenvalue weighted by molar-refractivity contribution is 6.30. The van der Waals surface area contributed by atoms with Gasteiger partial charge in [-0.1, -0.05) is 49.9 Å². The number of methoxy groups -OCH3 is 2. The molecule has 2 aromatic rings. The fraction of sp³-hybridized carbons (Fsp3) is 0.517. The lowest BCUT2D eigenvalue weighted by Crippen LogP contribution is -2.27. The number of alkyl carbamates (subject to hydrolysis) is 1. The number of benzene rings is 2. The average Bonchev–Trinajstić information content (AvgIpc) is 2.97. The average molecular weight is 550 g/mol. The summed E-state index contributed by atoms with van der Waals surface area (Å²) in [7, 11) is 6.82. The first-order valence-corrected chi connectivity index (χ1v) is 13.4. The molecule has 1 fully saturated rings. The monoisotopic (exact) mass is 549 g/mol. The van der Waals surface area contributed by atoms with Crippen LogP contribution in [-0.4, -0.2) is 66.4 Å². The van der Waals surface area contributed by atoms with E-state index >= 15 is 0 Å². The lowest BCUT2D eigenvalue weighted by atomic mass is 9.96.